The molecule has 116 valence electrons. The molecule has 0 radical (unpaired) electrons. The predicted molar refractivity (Wildman–Crippen MR) is 96.5 cm³/mol. The molecule has 0 unspecified atom stereocenters. The molecule has 0 atom stereocenters. The van der Waals surface area contributed by atoms with E-state index in [-0.39, 0.29) is 12.5 Å². The third-order valence-corrected chi connectivity index (χ3v) is 4.03. The number of amides is 1. The maximum Gasteiger partial charge on any atom is 0.243 e. The van der Waals surface area contributed by atoms with Crippen LogP contribution in [0.3, 0.4) is 0 Å². The number of nitrogens with one attached hydrogen (secondary N) is 2. The molecule has 0 fully saturated rings. The lowest BCUT2D eigenvalue weighted by molar-refractivity contribution is -0.114. The minimum absolute atomic E-state index is 0.0319. The average Bonchev–Trinajstić information content (AvgIpc) is 2.53. The second kappa shape index (κ2) is 7.99. The smallest absolute Gasteiger partial charge is 0.243 e. The lowest BCUT2D eigenvalue weighted by atomic mass is 10.0. The van der Waals surface area contributed by atoms with Crippen molar-refractivity contribution in [2.24, 2.45) is 0 Å². The first-order chi connectivity index (χ1) is 10.6. The van der Waals surface area contributed by atoms with E-state index in [1.807, 2.05) is 30.3 Å². The number of rotatable bonds is 6. The fraction of sp³-hybridized carbons (Fsp3) is 0.278. The number of carbonyl (C=O) groups excluding carboxylic acids is 1. The molecule has 2 rings (SSSR count). The molecule has 0 spiro atoms. The Kier molecular flexibility index (Phi) is 6.01. The van der Waals surface area contributed by atoms with E-state index in [9.17, 15) is 4.79 Å². The minimum Gasteiger partial charge on any atom is -0.376 e. The second-order valence-corrected chi connectivity index (χ2v) is 5.99. The third-order valence-electron chi connectivity index (χ3n) is 3.54. The molecule has 2 N–H and O–H groups in total. The molecule has 0 aliphatic carbocycles. The van der Waals surface area contributed by atoms with Gasteiger partial charge in [-0.15, -0.1) is 0 Å². The number of anilines is 2. The summed E-state index contributed by atoms with van der Waals surface area (Å²) in [7, 11) is 0. The maximum absolute atomic E-state index is 12.2. The normalized spacial score (nSPS) is 10.3. The molecule has 2 aromatic rings. The molecule has 3 nitrogen and oxygen atoms in total. The molecular weight excluding hydrogens is 340 g/mol. The van der Waals surface area contributed by atoms with Crippen molar-refractivity contribution < 1.29 is 4.79 Å². The Bertz CT molecular complexity index is 633. The molecule has 0 bridgehead atoms. The van der Waals surface area contributed by atoms with Gasteiger partial charge in [-0.3, -0.25) is 4.79 Å². The number of hydrogen-bond acceptors (Lipinski definition) is 2. The number of carbonyl (C=O) groups is 1. The van der Waals surface area contributed by atoms with Crippen LogP contribution < -0.4 is 10.6 Å². The summed E-state index contributed by atoms with van der Waals surface area (Å²) in [5, 5.41) is 6.19. The Labute approximate surface area is 140 Å². The van der Waals surface area contributed by atoms with Crippen molar-refractivity contribution in [1.29, 1.82) is 0 Å². The maximum atomic E-state index is 12.2. The summed E-state index contributed by atoms with van der Waals surface area (Å²) < 4.78 is 0.988. The largest absolute Gasteiger partial charge is 0.376 e. The first-order valence-corrected chi connectivity index (χ1v) is 8.33. The number of halogens is 1. The van der Waals surface area contributed by atoms with Gasteiger partial charge in [-0.25, -0.2) is 0 Å². The summed E-state index contributed by atoms with van der Waals surface area (Å²) in [6.45, 7) is 4.45. The summed E-state index contributed by atoms with van der Waals surface area (Å²) in [6, 6.07) is 14.0. The van der Waals surface area contributed by atoms with Crippen molar-refractivity contribution in [3.05, 3.63) is 58.1 Å². The van der Waals surface area contributed by atoms with Crippen LogP contribution in [0.1, 0.15) is 25.0 Å². The van der Waals surface area contributed by atoms with Crippen LogP contribution in [0.2, 0.25) is 0 Å². The van der Waals surface area contributed by atoms with Crippen LogP contribution in [0.4, 0.5) is 11.4 Å². The lowest BCUT2D eigenvalue weighted by Gasteiger charge is -2.15. The van der Waals surface area contributed by atoms with E-state index in [0.717, 1.165) is 28.7 Å². The molecule has 0 saturated carbocycles. The summed E-state index contributed by atoms with van der Waals surface area (Å²) in [5.41, 5.74) is 4.24. The number of hydrogen-bond donors (Lipinski definition) is 2. The van der Waals surface area contributed by atoms with Crippen molar-refractivity contribution in [2.75, 3.05) is 17.2 Å². The van der Waals surface area contributed by atoms with Gasteiger partial charge in [0.2, 0.25) is 5.91 Å². The molecule has 2 aromatic carbocycles. The van der Waals surface area contributed by atoms with Gasteiger partial charge in [0.15, 0.2) is 0 Å². The first-order valence-electron chi connectivity index (χ1n) is 7.54. The van der Waals surface area contributed by atoms with Crippen LogP contribution in [-0.2, 0) is 17.6 Å². The van der Waals surface area contributed by atoms with E-state index < -0.39 is 0 Å². The highest BCUT2D eigenvalue weighted by Crippen LogP contribution is 2.22. The van der Waals surface area contributed by atoms with Gasteiger partial charge in [0, 0.05) is 15.8 Å². The van der Waals surface area contributed by atoms with Crippen LogP contribution in [-0.4, -0.2) is 12.5 Å². The van der Waals surface area contributed by atoms with Gasteiger partial charge in [0.1, 0.15) is 0 Å². The van der Waals surface area contributed by atoms with E-state index in [4.69, 9.17) is 0 Å². The summed E-state index contributed by atoms with van der Waals surface area (Å²) in [4.78, 5) is 12.2. The zero-order valence-electron chi connectivity index (χ0n) is 12.9. The summed E-state index contributed by atoms with van der Waals surface area (Å²) in [6.07, 6.45) is 1.81. The van der Waals surface area contributed by atoms with E-state index in [1.165, 1.54) is 11.1 Å². The quantitative estimate of drug-likeness (QED) is 0.788. The monoisotopic (exact) mass is 360 g/mol. The van der Waals surface area contributed by atoms with Crippen molar-refractivity contribution in [1.82, 2.24) is 0 Å². The van der Waals surface area contributed by atoms with Crippen LogP contribution in [0.15, 0.2) is 46.9 Å². The van der Waals surface area contributed by atoms with Crippen molar-refractivity contribution in [2.45, 2.75) is 26.7 Å². The average molecular weight is 361 g/mol. The number of benzene rings is 2. The van der Waals surface area contributed by atoms with E-state index >= 15 is 0 Å². The van der Waals surface area contributed by atoms with Gasteiger partial charge in [0.05, 0.1) is 6.54 Å². The highest BCUT2D eigenvalue weighted by Gasteiger charge is 2.09. The van der Waals surface area contributed by atoms with Crippen LogP contribution >= 0.6 is 15.9 Å². The Morgan fingerprint density at radius 2 is 1.68 bits per heavy atom. The highest BCUT2D eigenvalue weighted by atomic mass is 79.9. The molecule has 22 heavy (non-hydrogen) atoms. The van der Waals surface area contributed by atoms with E-state index in [1.54, 1.807) is 0 Å². The van der Waals surface area contributed by atoms with Crippen molar-refractivity contribution >= 4 is 33.2 Å². The third kappa shape index (κ3) is 4.34. The number of aryl methyl sites for hydroxylation is 2. The molecule has 0 heterocycles. The molecule has 0 aliphatic heterocycles. The van der Waals surface area contributed by atoms with E-state index in [2.05, 4.69) is 52.5 Å². The van der Waals surface area contributed by atoms with Gasteiger partial charge < -0.3 is 10.6 Å². The van der Waals surface area contributed by atoms with Crippen LogP contribution in [0.25, 0.3) is 0 Å². The minimum atomic E-state index is -0.0319. The standard InChI is InChI=1S/C18H21BrN2O/c1-3-13-7-5-8-14(4-2)18(13)21-17(22)12-20-16-10-6-9-15(19)11-16/h5-11,20H,3-4,12H2,1-2H3,(H,21,22). The molecule has 0 aromatic heterocycles. The lowest BCUT2D eigenvalue weighted by Crippen LogP contribution is -2.23. The predicted octanol–water partition coefficient (Wildman–Crippen LogP) is 4.62. The molecule has 1 amide bonds. The van der Waals surface area contributed by atoms with Crippen LogP contribution in [0.5, 0.6) is 0 Å². The Morgan fingerprint density at radius 1 is 1.05 bits per heavy atom. The Balaban J connectivity index is 2.03. The van der Waals surface area contributed by atoms with Crippen molar-refractivity contribution in [3.63, 3.8) is 0 Å². The summed E-state index contributed by atoms with van der Waals surface area (Å²) in [5.74, 6) is -0.0319. The van der Waals surface area contributed by atoms with Gasteiger partial charge in [-0.1, -0.05) is 54.0 Å². The first kappa shape index (κ1) is 16.6. The van der Waals surface area contributed by atoms with Crippen LogP contribution in [0, 0.1) is 0 Å². The Hall–Kier alpha value is -1.81. The molecule has 0 saturated heterocycles. The zero-order chi connectivity index (χ0) is 15.9. The van der Waals surface area contributed by atoms with Crippen molar-refractivity contribution in [3.8, 4) is 0 Å². The van der Waals surface area contributed by atoms with Gasteiger partial charge in [0.25, 0.3) is 0 Å². The topological polar surface area (TPSA) is 41.1 Å². The highest BCUT2D eigenvalue weighted by molar-refractivity contribution is 9.10. The van der Waals surface area contributed by atoms with Gasteiger partial charge in [-0.2, -0.15) is 0 Å². The fourth-order valence-corrected chi connectivity index (χ4v) is 2.77. The molecule has 0 aliphatic rings. The number of para-hydroxylation sites is 1. The fourth-order valence-electron chi connectivity index (χ4n) is 2.37. The van der Waals surface area contributed by atoms with Gasteiger partial charge >= 0.3 is 0 Å². The second-order valence-electron chi connectivity index (χ2n) is 5.07. The SMILES string of the molecule is CCc1cccc(CC)c1NC(=O)CNc1cccc(Br)c1. The van der Waals surface area contributed by atoms with E-state index in [0.29, 0.717) is 0 Å². The summed E-state index contributed by atoms with van der Waals surface area (Å²) >= 11 is 3.42. The molecular formula is C18H21BrN2O. The van der Waals surface area contributed by atoms with Gasteiger partial charge in [-0.05, 0) is 42.2 Å². The molecule has 4 heteroatoms. The Morgan fingerprint density at radius 3 is 2.27 bits per heavy atom. The zero-order valence-corrected chi connectivity index (χ0v) is 14.5.